The van der Waals surface area contributed by atoms with Crippen LogP contribution in [-0.4, -0.2) is 24.1 Å². The van der Waals surface area contributed by atoms with Crippen LogP contribution in [0.4, 0.5) is 5.69 Å². The monoisotopic (exact) mass is 287 g/mol. The Labute approximate surface area is 124 Å². The van der Waals surface area contributed by atoms with Gasteiger partial charge >= 0.3 is 0 Å². The Kier molecular flexibility index (Phi) is 4.20. The number of thiocarbonyl (C=S) groups is 1. The number of aromatic nitrogens is 1. The highest BCUT2D eigenvalue weighted by Gasteiger charge is 2.06. The van der Waals surface area contributed by atoms with Gasteiger partial charge in [-0.3, -0.25) is 0 Å². The molecule has 0 aliphatic carbocycles. The van der Waals surface area contributed by atoms with E-state index in [0.29, 0.717) is 10.9 Å². The molecule has 0 saturated carbocycles. The standard InChI is InChI=1S/C15H17N3OS/c1-10-7-11(15(16)20)8-14(17-10)19-13-6-4-5-12(9-13)18(2)3/h4-9H,1-3H3,(H2,16,20). The number of benzene rings is 1. The minimum atomic E-state index is 0.336. The van der Waals surface area contributed by atoms with Gasteiger partial charge in [0.2, 0.25) is 5.88 Å². The molecule has 0 aliphatic heterocycles. The van der Waals surface area contributed by atoms with Crippen LogP contribution in [0.5, 0.6) is 11.6 Å². The predicted molar refractivity (Wildman–Crippen MR) is 85.7 cm³/mol. The third-order valence-electron chi connectivity index (χ3n) is 2.77. The van der Waals surface area contributed by atoms with Gasteiger partial charge in [-0.15, -0.1) is 0 Å². The molecule has 1 aromatic carbocycles. The second kappa shape index (κ2) is 5.88. The molecule has 2 N–H and O–H groups in total. The third-order valence-corrected chi connectivity index (χ3v) is 3.01. The van der Waals surface area contributed by atoms with Crippen molar-refractivity contribution in [3.05, 3.63) is 47.7 Å². The highest BCUT2D eigenvalue weighted by Crippen LogP contribution is 2.25. The molecular weight excluding hydrogens is 270 g/mol. The van der Waals surface area contributed by atoms with Crippen LogP contribution in [0, 0.1) is 6.92 Å². The van der Waals surface area contributed by atoms with Crippen molar-refractivity contribution in [2.45, 2.75) is 6.92 Å². The fourth-order valence-corrected chi connectivity index (χ4v) is 1.90. The van der Waals surface area contributed by atoms with E-state index in [-0.39, 0.29) is 0 Å². The molecular formula is C15H17N3OS. The molecule has 0 atom stereocenters. The first-order chi connectivity index (χ1) is 9.45. The largest absolute Gasteiger partial charge is 0.439 e. The lowest BCUT2D eigenvalue weighted by Crippen LogP contribution is -2.10. The summed E-state index contributed by atoms with van der Waals surface area (Å²) in [6.45, 7) is 1.88. The number of anilines is 1. The average Bonchev–Trinajstić information content (AvgIpc) is 2.38. The van der Waals surface area contributed by atoms with Crippen molar-refractivity contribution in [3.8, 4) is 11.6 Å². The van der Waals surface area contributed by atoms with E-state index >= 15 is 0 Å². The molecule has 1 heterocycles. The smallest absolute Gasteiger partial charge is 0.220 e. The maximum absolute atomic E-state index is 5.79. The van der Waals surface area contributed by atoms with Gasteiger partial charge in [-0.2, -0.15) is 0 Å². The maximum atomic E-state index is 5.79. The lowest BCUT2D eigenvalue weighted by molar-refractivity contribution is 0.461. The fraction of sp³-hybridized carbons (Fsp3) is 0.200. The maximum Gasteiger partial charge on any atom is 0.220 e. The Bertz CT molecular complexity index is 641. The number of hydrogen-bond acceptors (Lipinski definition) is 4. The number of aryl methyl sites for hydroxylation is 1. The van der Waals surface area contributed by atoms with Gasteiger partial charge in [0, 0.05) is 43.2 Å². The fourth-order valence-electron chi connectivity index (χ4n) is 1.78. The van der Waals surface area contributed by atoms with Crippen LogP contribution in [0.1, 0.15) is 11.3 Å². The van der Waals surface area contributed by atoms with Crippen LogP contribution < -0.4 is 15.4 Å². The van der Waals surface area contributed by atoms with Crippen LogP contribution in [0.25, 0.3) is 0 Å². The molecule has 1 aromatic heterocycles. The van der Waals surface area contributed by atoms with Crippen molar-refractivity contribution in [1.29, 1.82) is 0 Å². The van der Waals surface area contributed by atoms with E-state index in [1.165, 1.54) is 0 Å². The van der Waals surface area contributed by atoms with E-state index in [1.54, 1.807) is 6.07 Å². The Hall–Kier alpha value is -2.14. The minimum Gasteiger partial charge on any atom is -0.439 e. The predicted octanol–water partition coefficient (Wildman–Crippen LogP) is 2.88. The Morgan fingerprint density at radius 1 is 1.25 bits per heavy atom. The van der Waals surface area contributed by atoms with E-state index in [1.807, 2.05) is 56.3 Å². The molecule has 0 spiro atoms. The van der Waals surface area contributed by atoms with Crippen LogP contribution in [0.15, 0.2) is 36.4 Å². The summed E-state index contributed by atoms with van der Waals surface area (Å²) in [7, 11) is 3.96. The summed E-state index contributed by atoms with van der Waals surface area (Å²) < 4.78 is 5.79. The number of ether oxygens (including phenoxy) is 1. The SMILES string of the molecule is Cc1cc(C(N)=S)cc(Oc2cccc(N(C)C)c2)n1. The van der Waals surface area contributed by atoms with Crippen molar-refractivity contribution in [2.75, 3.05) is 19.0 Å². The zero-order valence-corrected chi connectivity index (χ0v) is 12.6. The van der Waals surface area contributed by atoms with Gasteiger partial charge in [-0.1, -0.05) is 18.3 Å². The summed E-state index contributed by atoms with van der Waals surface area (Å²) in [6, 6.07) is 11.4. The van der Waals surface area contributed by atoms with Crippen molar-refractivity contribution < 1.29 is 4.74 Å². The van der Waals surface area contributed by atoms with E-state index in [4.69, 9.17) is 22.7 Å². The van der Waals surface area contributed by atoms with Crippen molar-refractivity contribution in [3.63, 3.8) is 0 Å². The molecule has 0 radical (unpaired) electrons. The Morgan fingerprint density at radius 3 is 2.65 bits per heavy atom. The molecule has 0 bridgehead atoms. The highest BCUT2D eigenvalue weighted by molar-refractivity contribution is 7.80. The summed E-state index contributed by atoms with van der Waals surface area (Å²) in [4.78, 5) is 6.68. The molecule has 5 heteroatoms. The van der Waals surface area contributed by atoms with Gasteiger partial charge in [0.1, 0.15) is 10.7 Å². The zero-order chi connectivity index (χ0) is 14.7. The lowest BCUT2D eigenvalue weighted by atomic mass is 10.2. The van der Waals surface area contributed by atoms with Crippen LogP contribution in [-0.2, 0) is 0 Å². The normalized spacial score (nSPS) is 10.2. The quantitative estimate of drug-likeness (QED) is 0.876. The molecule has 2 aromatic rings. The zero-order valence-electron chi connectivity index (χ0n) is 11.8. The number of hydrogen-bond donors (Lipinski definition) is 1. The van der Waals surface area contributed by atoms with Crippen molar-refractivity contribution >= 4 is 22.9 Å². The molecule has 4 nitrogen and oxygen atoms in total. The van der Waals surface area contributed by atoms with Gasteiger partial charge in [-0.05, 0) is 25.1 Å². The van der Waals surface area contributed by atoms with E-state index < -0.39 is 0 Å². The van der Waals surface area contributed by atoms with Gasteiger partial charge in [0.15, 0.2) is 0 Å². The van der Waals surface area contributed by atoms with Crippen molar-refractivity contribution in [1.82, 2.24) is 4.98 Å². The van der Waals surface area contributed by atoms with E-state index in [2.05, 4.69) is 4.98 Å². The number of pyridine rings is 1. The Morgan fingerprint density at radius 2 is 2.00 bits per heavy atom. The highest BCUT2D eigenvalue weighted by atomic mass is 32.1. The van der Waals surface area contributed by atoms with E-state index in [0.717, 1.165) is 22.7 Å². The summed E-state index contributed by atoms with van der Waals surface area (Å²) in [5.41, 5.74) is 8.28. The summed E-state index contributed by atoms with van der Waals surface area (Å²) >= 11 is 4.99. The number of nitrogens with zero attached hydrogens (tertiary/aromatic N) is 2. The summed E-state index contributed by atoms with van der Waals surface area (Å²) in [5.74, 6) is 1.21. The third kappa shape index (κ3) is 3.45. The first kappa shape index (κ1) is 14.3. The van der Waals surface area contributed by atoms with Crippen molar-refractivity contribution in [2.24, 2.45) is 5.73 Å². The van der Waals surface area contributed by atoms with Crippen LogP contribution >= 0.6 is 12.2 Å². The van der Waals surface area contributed by atoms with Crippen LogP contribution in [0.2, 0.25) is 0 Å². The van der Waals surface area contributed by atoms with Gasteiger partial charge < -0.3 is 15.4 Å². The second-order valence-corrected chi connectivity index (χ2v) is 5.13. The first-order valence-electron chi connectivity index (χ1n) is 6.19. The summed E-state index contributed by atoms with van der Waals surface area (Å²) in [6.07, 6.45) is 0. The molecule has 0 amide bonds. The van der Waals surface area contributed by atoms with Crippen LogP contribution in [0.3, 0.4) is 0 Å². The van der Waals surface area contributed by atoms with Gasteiger partial charge in [-0.25, -0.2) is 4.98 Å². The van der Waals surface area contributed by atoms with E-state index in [9.17, 15) is 0 Å². The topological polar surface area (TPSA) is 51.4 Å². The second-order valence-electron chi connectivity index (χ2n) is 4.69. The molecule has 20 heavy (non-hydrogen) atoms. The molecule has 0 aliphatic rings. The lowest BCUT2D eigenvalue weighted by Gasteiger charge is -2.14. The molecule has 0 saturated heterocycles. The number of rotatable bonds is 4. The molecule has 0 fully saturated rings. The Balaban J connectivity index is 2.30. The number of nitrogens with two attached hydrogens (primary N) is 1. The molecule has 104 valence electrons. The average molecular weight is 287 g/mol. The molecule has 2 rings (SSSR count). The van der Waals surface area contributed by atoms with Gasteiger partial charge in [0.25, 0.3) is 0 Å². The minimum absolute atomic E-state index is 0.336. The molecule has 0 unspecified atom stereocenters. The summed E-state index contributed by atoms with van der Waals surface area (Å²) in [5, 5.41) is 0. The first-order valence-corrected chi connectivity index (χ1v) is 6.60. The van der Waals surface area contributed by atoms with Gasteiger partial charge in [0.05, 0.1) is 0 Å².